The molecule has 0 aromatic rings. The van der Waals surface area contributed by atoms with E-state index < -0.39 is 33.7 Å². The molecule has 0 spiro atoms. The molecule has 1 unspecified atom stereocenters. The third-order valence-corrected chi connectivity index (χ3v) is 3.36. The summed E-state index contributed by atoms with van der Waals surface area (Å²) in [7, 11) is -4.84. The average molecular weight is 350 g/mol. The smallest absolute Gasteiger partial charge is 0.552 e. The summed E-state index contributed by atoms with van der Waals surface area (Å²) in [5, 5.41) is 13.9. The molecular formula is C12H23NaO8S. The van der Waals surface area contributed by atoms with Crippen LogP contribution < -0.4 is 29.6 Å². The van der Waals surface area contributed by atoms with Gasteiger partial charge in [-0.2, -0.15) is 15.3 Å². The number of hydrogen-bond donors (Lipinski definition) is 3. The summed E-state index contributed by atoms with van der Waals surface area (Å²) in [5.74, 6) is -3.50. The molecule has 0 radical (unpaired) electrons. The van der Waals surface area contributed by atoms with E-state index in [9.17, 15) is 18.0 Å². The number of hydrogen-bond acceptors (Lipinski definition) is 5. The second kappa shape index (κ2) is 15.7. The van der Waals surface area contributed by atoms with Crippen molar-refractivity contribution < 1.29 is 67.1 Å². The van der Waals surface area contributed by atoms with E-state index in [1.807, 2.05) is 6.92 Å². The summed E-state index contributed by atoms with van der Waals surface area (Å²) in [6.07, 6.45) is 4.00. The standard InChI is InChI=1S/C8H17O.C4H6O7S.Na/c1-3-5-6-7-8-9-4-2;5-3(6)1-2(4(7)8)12(9,10)11;/h4H,3,5-8H2,1-2H3;2H,1H2,(H,5,6)(H,7,8)(H,9,10,11);/q-1;;+1. The van der Waals surface area contributed by atoms with Crippen molar-refractivity contribution in [2.75, 3.05) is 6.61 Å². The van der Waals surface area contributed by atoms with Gasteiger partial charge >= 0.3 is 41.5 Å². The molecule has 126 valence electrons. The van der Waals surface area contributed by atoms with E-state index >= 15 is 0 Å². The Hall–Kier alpha value is -0.190. The Morgan fingerprint density at radius 2 is 1.73 bits per heavy atom. The summed E-state index contributed by atoms with van der Waals surface area (Å²) in [4.78, 5) is 20.0. The fraction of sp³-hybridized carbons (Fsp3) is 0.750. The van der Waals surface area contributed by atoms with Crippen molar-refractivity contribution in [2.45, 2.75) is 51.2 Å². The zero-order chi connectivity index (χ0) is 16.9. The monoisotopic (exact) mass is 350 g/mol. The van der Waals surface area contributed by atoms with Crippen LogP contribution >= 0.6 is 0 Å². The molecule has 10 heteroatoms. The predicted octanol–water partition coefficient (Wildman–Crippen LogP) is -1.43. The molecule has 0 amide bonds. The fourth-order valence-corrected chi connectivity index (χ4v) is 1.82. The first-order valence-corrected chi connectivity index (χ1v) is 7.97. The first-order valence-electron chi connectivity index (χ1n) is 6.47. The van der Waals surface area contributed by atoms with Crippen LogP contribution in [0.4, 0.5) is 0 Å². The topological polar surface area (TPSA) is 138 Å². The van der Waals surface area contributed by atoms with Crippen LogP contribution in [-0.2, 0) is 24.4 Å². The Kier molecular flexibility index (Phi) is 19.0. The minimum absolute atomic E-state index is 0. The number of carboxylic acids is 2. The Bertz CT molecular complexity index is 390. The van der Waals surface area contributed by atoms with E-state index in [0.29, 0.717) is 0 Å². The van der Waals surface area contributed by atoms with Gasteiger partial charge in [0.2, 0.25) is 0 Å². The van der Waals surface area contributed by atoms with E-state index in [-0.39, 0.29) is 29.6 Å². The van der Waals surface area contributed by atoms with Gasteiger partial charge in [0.05, 0.1) is 6.42 Å². The molecule has 0 aromatic carbocycles. The SMILES string of the molecule is C[CH-]OCCCCCC.O=C(O)CC(C(=O)O)S(=O)(=O)O.[Na+]. The molecule has 0 saturated heterocycles. The Labute approximate surface area is 153 Å². The van der Waals surface area contributed by atoms with Gasteiger partial charge in [-0.05, 0) is 6.42 Å². The van der Waals surface area contributed by atoms with Crippen LogP contribution in [-0.4, -0.2) is 47.0 Å². The molecular weight excluding hydrogens is 327 g/mol. The summed E-state index contributed by atoms with van der Waals surface area (Å²) in [6.45, 7) is 6.79. The summed E-state index contributed by atoms with van der Waals surface area (Å²) in [6, 6.07) is 0. The number of carboxylic acid groups (broad SMARTS) is 2. The second-order valence-electron chi connectivity index (χ2n) is 4.11. The maximum atomic E-state index is 10.2. The summed E-state index contributed by atoms with van der Waals surface area (Å²) in [5.41, 5.74) is 0. The van der Waals surface area contributed by atoms with Crippen molar-refractivity contribution in [2.24, 2.45) is 0 Å². The maximum Gasteiger partial charge on any atom is 1.00 e. The molecule has 0 aliphatic rings. The van der Waals surface area contributed by atoms with Crippen LogP contribution in [0.1, 0.15) is 46.0 Å². The van der Waals surface area contributed by atoms with Gasteiger partial charge in [0.1, 0.15) is 0 Å². The van der Waals surface area contributed by atoms with Gasteiger partial charge in [-0.15, -0.1) is 0 Å². The van der Waals surface area contributed by atoms with Gasteiger partial charge < -0.3 is 14.9 Å². The van der Waals surface area contributed by atoms with Gasteiger partial charge in [-0.25, -0.2) is 6.61 Å². The van der Waals surface area contributed by atoms with Gasteiger partial charge in [0, 0.05) is 6.61 Å². The molecule has 1 atom stereocenters. The second-order valence-corrected chi connectivity index (χ2v) is 5.71. The molecule has 8 nitrogen and oxygen atoms in total. The molecule has 3 N–H and O–H groups in total. The van der Waals surface area contributed by atoms with E-state index in [0.717, 1.165) is 6.61 Å². The number of aliphatic carboxylic acids is 2. The van der Waals surface area contributed by atoms with Crippen molar-refractivity contribution in [1.29, 1.82) is 0 Å². The number of unbranched alkanes of at least 4 members (excludes halogenated alkanes) is 3. The maximum absolute atomic E-state index is 10.2. The molecule has 0 aliphatic heterocycles. The first kappa shape index (κ1) is 26.7. The third kappa shape index (κ3) is 17.9. The number of rotatable bonds is 10. The van der Waals surface area contributed by atoms with Crippen LogP contribution in [0.5, 0.6) is 0 Å². The molecule has 0 saturated carbocycles. The molecule has 0 fully saturated rings. The quantitative estimate of drug-likeness (QED) is 0.189. The van der Waals surface area contributed by atoms with E-state index in [2.05, 4.69) is 6.92 Å². The summed E-state index contributed by atoms with van der Waals surface area (Å²) >= 11 is 0. The van der Waals surface area contributed by atoms with Crippen molar-refractivity contribution >= 4 is 22.1 Å². The Morgan fingerprint density at radius 1 is 1.18 bits per heavy atom. The Morgan fingerprint density at radius 3 is 2.00 bits per heavy atom. The molecule has 0 rings (SSSR count). The first-order chi connectivity index (χ1) is 9.66. The van der Waals surface area contributed by atoms with Crippen LogP contribution in [0.3, 0.4) is 0 Å². The van der Waals surface area contributed by atoms with E-state index in [1.165, 1.54) is 25.7 Å². The van der Waals surface area contributed by atoms with Gasteiger partial charge in [0.25, 0.3) is 10.1 Å². The van der Waals surface area contributed by atoms with Crippen molar-refractivity contribution in [3.63, 3.8) is 0 Å². The predicted molar refractivity (Wildman–Crippen MR) is 75.3 cm³/mol. The fourth-order valence-electron chi connectivity index (χ4n) is 1.21. The van der Waals surface area contributed by atoms with E-state index in [1.54, 1.807) is 6.61 Å². The van der Waals surface area contributed by atoms with Gasteiger partial charge in [0.15, 0.2) is 5.25 Å². The van der Waals surface area contributed by atoms with Crippen molar-refractivity contribution in [1.82, 2.24) is 0 Å². The average Bonchev–Trinajstić information content (AvgIpc) is 2.35. The van der Waals surface area contributed by atoms with Crippen molar-refractivity contribution in [3.05, 3.63) is 6.61 Å². The van der Waals surface area contributed by atoms with Crippen LogP contribution in [0, 0.1) is 6.61 Å². The minimum atomic E-state index is -4.84. The van der Waals surface area contributed by atoms with Gasteiger partial charge in [-0.3, -0.25) is 14.1 Å². The number of carbonyl (C=O) groups is 2. The third-order valence-electron chi connectivity index (χ3n) is 2.28. The van der Waals surface area contributed by atoms with E-state index in [4.69, 9.17) is 19.5 Å². The molecule has 0 aliphatic carbocycles. The normalized spacial score (nSPS) is 11.6. The van der Waals surface area contributed by atoms with Crippen molar-refractivity contribution in [3.8, 4) is 0 Å². The molecule has 0 bridgehead atoms. The zero-order valence-electron chi connectivity index (χ0n) is 13.2. The van der Waals surface area contributed by atoms with Crippen LogP contribution in [0.15, 0.2) is 0 Å². The molecule has 0 heterocycles. The molecule has 0 aromatic heterocycles. The number of ether oxygens (including phenoxy) is 1. The zero-order valence-corrected chi connectivity index (χ0v) is 16.0. The van der Waals surface area contributed by atoms with Gasteiger partial charge in [-0.1, -0.05) is 26.2 Å². The molecule has 22 heavy (non-hydrogen) atoms. The summed E-state index contributed by atoms with van der Waals surface area (Å²) < 4.78 is 33.7. The van der Waals surface area contributed by atoms with Crippen LogP contribution in [0.25, 0.3) is 0 Å². The van der Waals surface area contributed by atoms with Crippen LogP contribution in [0.2, 0.25) is 0 Å². The minimum Gasteiger partial charge on any atom is -0.552 e. The largest absolute Gasteiger partial charge is 1.00 e. The Balaban J connectivity index is -0.000000326.